The highest BCUT2D eigenvalue weighted by atomic mass is 35.5. The van der Waals surface area contributed by atoms with Gasteiger partial charge in [0.2, 0.25) is 10.0 Å². The van der Waals surface area contributed by atoms with E-state index in [0.29, 0.717) is 0 Å². The van der Waals surface area contributed by atoms with Gasteiger partial charge in [-0.2, -0.15) is 4.31 Å². The Labute approximate surface area is 112 Å². The van der Waals surface area contributed by atoms with Gasteiger partial charge < -0.3 is 5.73 Å². The molecule has 1 aromatic rings. The van der Waals surface area contributed by atoms with Gasteiger partial charge in [-0.1, -0.05) is 11.6 Å². The first-order chi connectivity index (χ1) is 7.39. The summed E-state index contributed by atoms with van der Waals surface area (Å²) in [6, 6.07) is 1.09. The summed E-state index contributed by atoms with van der Waals surface area (Å²) in [4.78, 5) is 3.82. The average Bonchev–Trinajstić information content (AvgIpc) is 2.27. The van der Waals surface area contributed by atoms with Crippen molar-refractivity contribution < 1.29 is 8.42 Å². The monoisotopic (exact) mass is 299 g/mol. The lowest BCUT2D eigenvalue weighted by Crippen LogP contribution is -2.39. The van der Waals surface area contributed by atoms with Crippen LogP contribution in [0.2, 0.25) is 5.02 Å². The summed E-state index contributed by atoms with van der Waals surface area (Å²) in [7, 11) is -2.09. The van der Waals surface area contributed by atoms with E-state index in [9.17, 15) is 8.42 Å². The fourth-order valence-electron chi connectivity index (χ4n) is 1.09. The summed E-state index contributed by atoms with van der Waals surface area (Å²) < 4.78 is 25.3. The molecule has 0 spiro atoms. The van der Waals surface area contributed by atoms with Crippen LogP contribution >= 0.6 is 24.0 Å². The van der Waals surface area contributed by atoms with Gasteiger partial charge in [-0.25, -0.2) is 8.42 Å². The molecule has 0 aliphatic carbocycles. The maximum atomic E-state index is 12.1. The highest BCUT2D eigenvalue weighted by Crippen LogP contribution is 2.18. The van der Waals surface area contributed by atoms with E-state index in [1.807, 2.05) is 0 Å². The van der Waals surface area contributed by atoms with Crippen LogP contribution in [-0.4, -0.2) is 37.3 Å². The SMILES string of the molecule is CC(CN)N(C)S(=O)(=O)c1cncc(Cl)c1.Cl. The lowest BCUT2D eigenvalue weighted by atomic mass is 10.4. The van der Waals surface area contributed by atoms with Gasteiger partial charge in [0.15, 0.2) is 0 Å². The van der Waals surface area contributed by atoms with E-state index < -0.39 is 10.0 Å². The van der Waals surface area contributed by atoms with Crippen molar-refractivity contribution in [3.8, 4) is 0 Å². The van der Waals surface area contributed by atoms with Crippen molar-refractivity contribution in [1.29, 1.82) is 0 Å². The molecule has 1 heterocycles. The zero-order valence-electron chi connectivity index (χ0n) is 9.50. The normalized spacial score (nSPS) is 13.2. The molecule has 2 N–H and O–H groups in total. The third-order valence-electron chi connectivity index (χ3n) is 2.32. The van der Waals surface area contributed by atoms with Crippen LogP contribution in [0.25, 0.3) is 0 Å². The number of pyridine rings is 1. The van der Waals surface area contributed by atoms with Crippen LogP contribution in [0.3, 0.4) is 0 Å². The number of halogens is 2. The van der Waals surface area contributed by atoms with E-state index in [-0.39, 0.29) is 34.9 Å². The van der Waals surface area contributed by atoms with Crippen LogP contribution < -0.4 is 5.73 Å². The van der Waals surface area contributed by atoms with E-state index in [1.165, 1.54) is 29.8 Å². The lowest BCUT2D eigenvalue weighted by molar-refractivity contribution is 0.394. The minimum atomic E-state index is -3.57. The quantitative estimate of drug-likeness (QED) is 0.904. The van der Waals surface area contributed by atoms with E-state index >= 15 is 0 Å². The second-order valence-electron chi connectivity index (χ2n) is 3.44. The molecule has 98 valence electrons. The van der Waals surface area contributed by atoms with Crippen LogP contribution in [-0.2, 0) is 10.0 Å². The molecule has 0 fully saturated rings. The van der Waals surface area contributed by atoms with Crippen LogP contribution in [0, 0.1) is 0 Å². The first kappa shape index (κ1) is 16.6. The molecule has 1 atom stereocenters. The highest BCUT2D eigenvalue weighted by molar-refractivity contribution is 7.89. The summed E-state index contributed by atoms with van der Waals surface area (Å²) in [6.45, 7) is 1.99. The minimum absolute atomic E-state index is 0. The molecule has 0 saturated carbocycles. The molecule has 0 bridgehead atoms. The molecule has 5 nitrogen and oxygen atoms in total. The van der Waals surface area contributed by atoms with Crippen LogP contribution in [0.4, 0.5) is 0 Å². The number of hydrogen-bond acceptors (Lipinski definition) is 4. The molecule has 1 rings (SSSR count). The number of nitrogens with two attached hydrogens (primary N) is 1. The molecule has 8 heteroatoms. The number of hydrogen-bond donors (Lipinski definition) is 1. The van der Waals surface area contributed by atoms with E-state index in [2.05, 4.69) is 4.98 Å². The summed E-state index contributed by atoms with van der Waals surface area (Å²) in [5.74, 6) is 0. The molecule has 0 saturated heterocycles. The molecule has 0 radical (unpaired) electrons. The second kappa shape index (κ2) is 6.51. The van der Waals surface area contributed by atoms with Gasteiger partial charge >= 0.3 is 0 Å². The van der Waals surface area contributed by atoms with Crippen molar-refractivity contribution in [3.63, 3.8) is 0 Å². The molecule has 0 amide bonds. The summed E-state index contributed by atoms with van der Waals surface area (Å²) in [6.07, 6.45) is 2.65. The molecule has 1 aromatic heterocycles. The Bertz CT molecular complexity index is 467. The Morgan fingerprint density at radius 2 is 2.12 bits per heavy atom. The largest absolute Gasteiger partial charge is 0.329 e. The van der Waals surface area contributed by atoms with Crippen molar-refractivity contribution in [2.24, 2.45) is 5.73 Å². The summed E-state index contributed by atoms with van der Waals surface area (Å²) in [5, 5.41) is 0.287. The van der Waals surface area contributed by atoms with Crippen LogP contribution in [0.5, 0.6) is 0 Å². The maximum absolute atomic E-state index is 12.1. The maximum Gasteiger partial charge on any atom is 0.244 e. The molecular weight excluding hydrogens is 285 g/mol. The molecule has 0 aromatic carbocycles. The Hall–Kier alpha value is -0.400. The fourth-order valence-corrected chi connectivity index (χ4v) is 2.69. The zero-order valence-corrected chi connectivity index (χ0v) is 11.9. The summed E-state index contributed by atoms with van der Waals surface area (Å²) in [5.41, 5.74) is 5.43. The third kappa shape index (κ3) is 3.79. The van der Waals surface area contributed by atoms with Crippen molar-refractivity contribution in [1.82, 2.24) is 9.29 Å². The molecule has 17 heavy (non-hydrogen) atoms. The number of sulfonamides is 1. The minimum Gasteiger partial charge on any atom is -0.329 e. The first-order valence-electron chi connectivity index (χ1n) is 4.68. The van der Waals surface area contributed by atoms with Gasteiger partial charge in [0.05, 0.1) is 5.02 Å². The van der Waals surface area contributed by atoms with Crippen LogP contribution in [0.15, 0.2) is 23.4 Å². The van der Waals surface area contributed by atoms with E-state index in [1.54, 1.807) is 6.92 Å². The smallest absolute Gasteiger partial charge is 0.244 e. The van der Waals surface area contributed by atoms with Gasteiger partial charge in [-0.05, 0) is 13.0 Å². The number of aromatic nitrogens is 1. The standard InChI is InChI=1S/C9H14ClN3O2S.ClH/c1-7(4-11)13(2)16(14,15)9-3-8(10)5-12-6-9;/h3,5-7H,4,11H2,1-2H3;1H. The Kier molecular flexibility index (Phi) is 6.36. The Morgan fingerprint density at radius 3 is 2.59 bits per heavy atom. The van der Waals surface area contributed by atoms with Gasteiger partial charge in [0, 0.05) is 32.0 Å². The number of rotatable bonds is 4. The fraction of sp³-hybridized carbons (Fsp3) is 0.444. The Balaban J connectivity index is 0.00000256. The third-order valence-corrected chi connectivity index (χ3v) is 4.46. The Morgan fingerprint density at radius 1 is 1.53 bits per heavy atom. The van der Waals surface area contributed by atoms with E-state index in [4.69, 9.17) is 17.3 Å². The number of likely N-dealkylation sites (N-methyl/N-ethyl adjacent to an activating group) is 1. The second-order valence-corrected chi connectivity index (χ2v) is 5.88. The van der Waals surface area contributed by atoms with Crippen LogP contribution in [0.1, 0.15) is 6.92 Å². The van der Waals surface area contributed by atoms with Crippen molar-refractivity contribution in [3.05, 3.63) is 23.5 Å². The average molecular weight is 300 g/mol. The van der Waals surface area contributed by atoms with Gasteiger partial charge in [0.25, 0.3) is 0 Å². The van der Waals surface area contributed by atoms with Gasteiger partial charge in [-0.15, -0.1) is 12.4 Å². The molecular formula is C9H15Cl2N3O2S. The molecule has 1 unspecified atom stereocenters. The van der Waals surface area contributed by atoms with Gasteiger partial charge in [0.1, 0.15) is 4.90 Å². The van der Waals surface area contributed by atoms with Crippen molar-refractivity contribution in [2.45, 2.75) is 17.9 Å². The first-order valence-corrected chi connectivity index (χ1v) is 6.50. The van der Waals surface area contributed by atoms with Crippen molar-refractivity contribution in [2.75, 3.05) is 13.6 Å². The van der Waals surface area contributed by atoms with E-state index in [0.717, 1.165) is 0 Å². The number of nitrogens with zero attached hydrogens (tertiary/aromatic N) is 2. The van der Waals surface area contributed by atoms with Gasteiger partial charge in [-0.3, -0.25) is 4.98 Å². The lowest BCUT2D eigenvalue weighted by Gasteiger charge is -2.22. The zero-order chi connectivity index (χ0) is 12.3. The predicted molar refractivity (Wildman–Crippen MR) is 70.0 cm³/mol. The highest BCUT2D eigenvalue weighted by Gasteiger charge is 2.24. The molecule has 0 aliphatic heterocycles. The van der Waals surface area contributed by atoms with Crippen molar-refractivity contribution >= 4 is 34.0 Å². The summed E-state index contributed by atoms with van der Waals surface area (Å²) >= 11 is 5.70. The topological polar surface area (TPSA) is 76.3 Å². The molecule has 0 aliphatic rings. The predicted octanol–water partition coefficient (Wildman–Crippen LogP) is 1.12.